The Kier molecular flexibility index (Phi) is 2.09. The third-order valence-corrected chi connectivity index (χ3v) is 2.79. The molecule has 2 N–H and O–H groups in total. The summed E-state index contributed by atoms with van der Waals surface area (Å²) in [6.45, 7) is 0. The first-order chi connectivity index (χ1) is 6.57. The molecule has 1 aliphatic carbocycles. The Morgan fingerprint density at radius 1 is 1.43 bits per heavy atom. The van der Waals surface area contributed by atoms with Gasteiger partial charge in [-0.05, 0) is 18.9 Å². The fourth-order valence-corrected chi connectivity index (χ4v) is 1.64. The molecule has 0 unspecified atom stereocenters. The number of halogens is 1. The van der Waals surface area contributed by atoms with Gasteiger partial charge in [-0.25, -0.2) is 0 Å². The van der Waals surface area contributed by atoms with Crippen LogP contribution >= 0.6 is 11.6 Å². The predicted octanol–water partition coefficient (Wildman–Crippen LogP) is 2.04. The van der Waals surface area contributed by atoms with E-state index >= 15 is 0 Å². The fourth-order valence-electron chi connectivity index (χ4n) is 1.43. The molecule has 0 aliphatic heterocycles. The largest absolute Gasteiger partial charge is 0.506 e. The molecule has 0 atom stereocenters. The van der Waals surface area contributed by atoms with Crippen LogP contribution in [0.25, 0.3) is 0 Å². The van der Waals surface area contributed by atoms with Crippen molar-refractivity contribution in [1.82, 2.24) is 0 Å². The van der Waals surface area contributed by atoms with E-state index < -0.39 is 5.60 Å². The van der Waals surface area contributed by atoms with Crippen LogP contribution in [0.2, 0.25) is 5.02 Å². The molecule has 1 fully saturated rings. The lowest BCUT2D eigenvalue weighted by Gasteiger charge is -2.13. The van der Waals surface area contributed by atoms with Gasteiger partial charge in [-0.1, -0.05) is 11.6 Å². The van der Waals surface area contributed by atoms with Crippen molar-refractivity contribution in [1.29, 1.82) is 0 Å². The molecule has 4 heteroatoms. The number of ether oxygens (including phenoxy) is 1. The Hall–Kier alpha value is -0.930. The number of aliphatic hydroxyl groups is 1. The second-order valence-corrected chi connectivity index (χ2v) is 3.94. The molecule has 0 bridgehead atoms. The maximum absolute atomic E-state index is 9.85. The summed E-state index contributed by atoms with van der Waals surface area (Å²) in [6.07, 6.45) is 1.31. The molecule has 0 heterocycles. The van der Waals surface area contributed by atoms with Crippen LogP contribution < -0.4 is 4.74 Å². The lowest BCUT2D eigenvalue weighted by atomic mass is 10.1. The second-order valence-electron chi connectivity index (χ2n) is 3.54. The van der Waals surface area contributed by atoms with E-state index in [1.54, 1.807) is 6.07 Å². The van der Waals surface area contributed by atoms with Gasteiger partial charge in [0.05, 0.1) is 17.7 Å². The van der Waals surface area contributed by atoms with Gasteiger partial charge in [-0.2, -0.15) is 0 Å². The Morgan fingerprint density at radius 2 is 2.07 bits per heavy atom. The Bertz CT molecular complexity index is 372. The molecule has 0 saturated heterocycles. The van der Waals surface area contributed by atoms with Gasteiger partial charge in [-0.3, -0.25) is 0 Å². The predicted molar refractivity (Wildman–Crippen MR) is 52.8 cm³/mol. The van der Waals surface area contributed by atoms with E-state index in [4.69, 9.17) is 16.3 Å². The first-order valence-corrected chi connectivity index (χ1v) is 4.74. The summed E-state index contributed by atoms with van der Waals surface area (Å²) in [7, 11) is 1.52. The molecule has 1 aromatic carbocycles. The second kappa shape index (κ2) is 3.04. The molecule has 0 spiro atoms. The molecule has 76 valence electrons. The van der Waals surface area contributed by atoms with E-state index in [-0.39, 0.29) is 10.8 Å². The van der Waals surface area contributed by atoms with Crippen LogP contribution in [-0.4, -0.2) is 17.3 Å². The van der Waals surface area contributed by atoms with Gasteiger partial charge in [0.25, 0.3) is 0 Å². The first kappa shape index (κ1) is 9.62. The number of phenols is 1. The van der Waals surface area contributed by atoms with Gasteiger partial charge in [0.2, 0.25) is 0 Å². The summed E-state index contributed by atoms with van der Waals surface area (Å²) in [5.74, 6) is 0.496. The maximum Gasteiger partial charge on any atom is 0.140 e. The zero-order valence-corrected chi connectivity index (χ0v) is 8.51. The number of aromatic hydroxyl groups is 1. The normalized spacial score (nSPS) is 17.9. The van der Waals surface area contributed by atoms with Crippen molar-refractivity contribution in [3.05, 3.63) is 22.7 Å². The molecule has 1 aromatic rings. The summed E-state index contributed by atoms with van der Waals surface area (Å²) in [5, 5.41) is 19.7. The van der Waals surface area contributed by atoms with Crippen LogP contribution in [-0.2, 0) is 5.60 Å². The van der Waals surface area contributed by atoms with Gasteiger partial charge < -0.3 is 14.9 Å². The SMILES string of the molecule is COc1cc(Cl)c(O)c(C2(O)CC2)c1. The summed E-state index contributed by atoms with van der Waals surface area (Å²) in [5.41, 5.74) is -0.440. The molecule has 0 amide bonds. The molecular formula is C10H11ClO3. The van der Waals surface area contributed by atoms with Crippen molar-refractivity contribution < 1.29 is 14.9 Å². The fraction of sp³-hybridized carbons (Fsp3) is 0.400. The van der Waals surface area contributed by atoms with Gasteiger partial charge >= 0.3 is 0 Å². The zero-order chi connectivity index (χ0) is 10.3. The van der Waals surface area contributed by atoms with Gasteiger partial charge in [0.1, 0.15) is 11.5 Å². The van der Waals surface area contributed by atoms with E-state index in [1.165, 1.54) is 13.2 Å². The van der Waals surface area contributed by atoms with Crippen LogP contribution in [0.3, 0.4) is 0 Å². The molecule has 1 saturated carbocycles. The van der Waals surface area contributed by atoms with Crippen molar-refractivity contribution >= 4 is 11.6 Å². The third kappa shape index (κ3) is 1.42. The molecule has 0 radical (unpaired) electrons. The highest BCUT2D eigenvalue weighted by Crippen LogP contribution is 2.51. The zero-order valence-electron chi connectivity index (χ0n) is 7.75. The molecule has 0 aromatic heterocycles. The highest BCUT2D eigenvalue weighted by Gasteiger charge is 2.44. The molecule has 2 rings (SSSR count). The third-order valence-electron chi connectivity index (χ3n) is 2.50. The molecular weight excluding hydrogens is 204 g/mol. The molecule has 3 nitrogen and oxygen atoms in total. The minimum Gasteiger partial charge on any atom is -0.506 e. The summed E-state index contributed by atoms with van der Waals surface area (Å²) in [6, 6.07) is 3.14. The number of rotatable bonds is 2. The maximum atomic E-state index is 9.85. The van der Waals surface area contributed by atoms with Crippen LogP contribution in [0.4, 0.5) is 0 Å². The number of hydrogen-bond acceptors (Lipinski definition) is 3. The first-order valence-electron chi connectivity index (χ1n) is 4.36. The Morgan fingerprint density at radius 3 is 2.57 bits per heavy atom. The van der Waals surface area contributed by atoms with E-state index in [1.807, 2.05) is 0 Å². The quantitative estimate of drug-likeness (QED) is 0.792. The lowest BCUT2D eigenvalue weighted by Crippen LogP contribution is -2.05. The van der Waals surface area contributed by atoms with Crippen molar-refractivity contribution in [3.8, 4) is 11.5 Å². The number of phenolic OH excluding ortho intramolecular Hbond substituents is 1. The highest BCUT2D eigenvalue weighted by molar-refractivity contribution is 6.32. The summed E-state index contributed by atoms with van der Waals surface area (Å²) in [4.78, 5) is 0. The smallest absolute Gasteiger partial charge is 0.140 e. The van der Waals surface area contributed by atoms with E-state index in [0.717, 1.165) is 0 Å². The van der Waals surface area contributed by atoms with Crippen molar-refractivity contribution in [2.45, 2.75) is 18.4 Å². The van der Waals surface area contributed by atoms with E-state index in [0.29, 0.717) is 24.2 Å². The average molecular weight is 215 g/mol. The van der Waals surface area contributed by atoms with Gasteiger partial charge in [0.15, 0.2) is 0 Å². The van der Waals surface area contributed by atoms with Crippen molar-refractivity contribution in [2.24, 2.45) is 0 Å². The van der Waals surface area contributed by atoms with Crippen LogP contribution in [0.15, 0.2) is 12.1 Å². The number of methoxy groups -OCH3 is 1. The molecule has 1 aliphatic rings. The monoisotopic (exact) mass is 214 g/mol. The topological polar surface area (TPSA) is 49.7 Å². The van der Waals surface area contributed by atoms with E-state index in [9.17, 15) is 10.2 Å². The van der Waals surface area contributed by atoms with Gasteiger partial charge in [-0.15, -0.1) is 0 Å². The average Bonchev–Trinajstić information content (AvgIpc) is 2.89. The lowest BCUT2D eigenvalue weighted by molar-refractivity contribution is 0.147. The number of benzene rings is 1. The Balaban J connectivity index is 2.52. The summed E-state index contributed by atoms with van der Waals surface area (Å²) >= 11 is 5.79. The van der Waals surface area contributed by atoms with Crippen LogP contribution in [0, 0.1) is 0 Å². The summed E-state index contributed by atoms with van der Waals surface area (Å²) < 4.78 is 5.01. The van der Waals surface area contributed by atoms with E-state index in [2.05, 4.69) is 0 Å². The van der Waals surface area contributed by atoms with Crippen LogP contribution in [0.1, 0.15) is 18.4 Å². The minimum absolute atomic E-state index is 0.0486. The standard InChI is InChI=1S/C10H11ClO3/c1-14-6-4-7(10(13)2-3-10)9(12)8(11)5-6/h4-5,12-13H,2-3H2,1H3. The number of hydrogen-bond donors (Lipinski definition) is 2. The van der Waals surface area contributed by atoms with Crippen molar-refractivity contribution in [2.75, 3.05) is 7.11 Å². The van der Waals surface area contributed by atoms with Crippen LogP contribution in [0.5, 0.6) is 11.5 Å². The Labute approximate surface area is 86.9 Å². The highest BCUT2D eigenvalue weighted by atomic mass is 35.5. The molecule has 14 heavy (non-hydrogen) atoms. The van der Waals surface area contributed by atoms with Gasteiger partial charge in [0, 0.05) is 11.6 Å². The minimum atomic E-state index is -0.901. The van der Waals surface area contributed by atoms with Crippen molar-refractivity contribution in [3.63, 3.8) is 0 Å².